The van der Waals surface area contributed by atoms with E-state index in [1.807, 2.05) is 49.4 Å². The highest BCUT2D eigenvalue weighted by atomic mass is 16.4. The van der Waals surface area contributed by atoms with Crippen LogP contribution in [0, 0.1) is 5.92 Å². The van der Waals surface area contributed by atoms with Crippen LogP contribution in [0.5, 0.6) is 0 Å². The summed E-state index contributed by atoms with van der Waals surface area (Å²) >= 11 is 0. The predicted octanol–water partition coefficient (Wildman–Crippen LogP) is 3.02. The molecule has 5 heteroatoms. The molecule has 2 aromatic carbocycles. The Morgan fingerprint density at radius 1 is 1.22 bits per heavy atom. The van der Waals surface area contributed by atoms with Crippen molar-refractivity contribution < 1.29 is 14.7 Å². The van der Waals surface area contributed by atoms with Crippen LogP contribution in [0.25, 0.3) is 10.8 Å². The molecule has 1 fully saturated rings. The van der Waals surface area contributed by atoms with Gasteiger partial charge in [-0.1, -0.05) is 42.5 Å². The minimum Gasteiger partial charge on any atom is -0.481 e. The molecule has 0 bridgehead atoms. The summed E-state index contributed by atoms with van der Waals surface area (Å²) in [5.41, 5.74) is 1.06. The number of likely N-dealkylation sites (tertiary alicyclic amines) is 1. The highest BCUT2D eigenvalue weighted by Crippen LogP contribution is 2.24. The minimum absolute atomic E-state index is 0.141. The first-order chi connectivity index (χ1) is 11.1. The van der Waals surface area contributed by atoms with Crippen LogP contribution >= 0.6 is 0 Å². The predicted molar refractivity (Wildman–Crippen MR) is 88.2 cm³/mol. The fourth-order valence-corrected chi connectivity index (χ4v) is 3.13. The van der Waals surface area contributed by atoms with E-state index < -0.39 is 11.9 Å². The number of rotatable bonds is 3. The zero-order valence-electron chi connectivity index (χ0n) is 13.0. The number of aliphatic carboxylic acids is 1. The average Bonchev–Trinajstić information content (AvgIpc) is 3.04. The van der Waals surface area contributed by atoms with Gasteiger partial charge in [0.1, 0.15) is 0 Å². The number of hydrogen-bond acceptors (Lipinski definition) is 2. The van der Waals surface area contributed by atoms with Crippen LogP contribution in [-0.4, -0.2) is 35.1 Å². The third kappa shape index (κ3) is 3.13. The smallest absolute Gasteiger partial charge is 0.317 e. The van der Waals surface area contributed by atoms with Gasteiger partial charge in [0.05, 0.1) is 12.0 Å². The summed E-state index contributed by atoms with van der Waals surface area (Å²) in [7, 11) is 0. The first-order valence-corrected chi connectivity index (χ1v) is 7.82. The molecule has 0 radical (unpaired) electrons. The zero-order valence-corrected chi connectivity index (χ0v) is 13.0. The van der Waals surface area contributed by atoms with Crippen LogP contribution < -0.4 is 5.32 Å². The van der Waals surface area contributed by atoms with Crippen LogP contribution in [0.1, 0.15) is 24.9 Å². The monoisotopic (exact) mass is 312 g/mol. The standard InChI is InChI=1S/C18H20N2O3/c1-12(15-8-4-6-13-5-2-3-7-16(13)15)19-18(23)20-10-9-14(11-20)17(21)22/h2-8,12,14H,9-11H2,1H3,(H,19,23)(H,21,22). The SMILES string of the molecule is CC(NC(=O)N1CCC(C(=O)O)C1)c1cccc2ccccc12. The third-order valence-electron chi connectivity index (χ3n) is 4.45. The van der Waals surface area contributed by atoms with Crippen LogP contribution in [-0.2, 0) is 4.79 Å². The Labute approximate surface area is 134 Å². The van der Waals surface area contributed by atoms with Crippen LogP contribution in [0.4, 0.5) is 4.79 Å². The molecule has 2 N–H and O–H groups in total. The number of amides is 2. The van der Waals surface area contributed by atoms with Crippen molar-refractivity contribution in [3.05, 3.63) is 48.0 Å². The Kier molecular flexibility index (Phi) is 4.19. The fourth-order valence-electron chi connectivity index (χ4n) is 3.13. The van der Waals surface area contributed by atoms with Crippen molar-refractivity contribution in [2.45, 2.75) is 19.4 Å². The van der Waals surface area contributed by atoms with Gasteiger partial charge in [0.25, 0.3) is 0 Å². The molecule has 1 aliphatic heterocycles. The minimum atomic E-state index is -0.831. The van der Waals surface area contributed by atoms with Gasteiger partial charge in [0, 0.05) is 13.1 Å². The van der Waals surface area contributed by atoms with E-state index in [0.717, 1.165) is 16.3 Å². The molecule has 120 valence electrons. The number of nitrogens with zero attached hydrogens (tertiary/aromatic N) is 1. The maximum atomic E-state index is 12.4. The molecule has 1 heterocycles. The molecule has 2 unspecified atom stereocenters. The lowest BCUT2D eigenvalue weighted by Crippen LogP contribution is -2.40. The lowest BCUT2D eigenvalue weighted by atomic mass is 10.00. The molecule has 5 nitrogen and oxygen atoms in total. The molecule has 0 spiro atoms. The van der Waals surface area contributed by atoms with Gasteiger partial charge in [0.15, 0.2) is 0 Å². The Morgan fingerprint density at radius 2 is 1.96 bits per heavy atom. The maximum absolute atomic E-state index is 12.4. The van der Waals surface area contributed by atoms with Gasteiger partial charge in [-0.25, -0.2) is 4.79 Å². The first-order valence-electron chi connectivity index (χ1n) is 7.82. The first kappa shape index (κ1) is 15.3. The van der Waals surface area contributed by atoms with E-state index in [1.165, 1.54) is 0 Å². The Morgan fingerprint density at radius 3 is 2.70 bits per heavy atom. The second-order valence-corrected chi connectivity index (χ2v) is 6.01. The van der Waals surface area contributed by atoms with Gasteiger partial charge in [-0.05, 0) is 29.7 Å². The number of fused-ring (bicyclic) bond motifs is 1. The number of urea groups is 1. The molecule has 0 aliphatic carbocycles. The highest BCUT2D eigenvalue weighted by Gasteiger charge is 2.31. The summed E-state index contributed by atoms with van der Waals surface area (Å²) in [4.78, 5) is 24.9. The van der Waals surface area contributed by atoms with E-state index in [0.29, 0.717) is 13.0 Å². The number of carboxylic acid groups (broad SMARTS) is 1. The van der Waals surface area contributed by atoms with E-state index in [2.05, 4.69) is 5.32 Å². The van der Waals surface area contributed by atoms with Gasteiger partial charge in [-0.3, -0.25) is 4.79 Å². The molecular weight excluding hydrogens is 292 g/mol. The van der Waals surface area contributed by atoms with Crippen molar-refractivity contribution in [3.8, 4) is 0 Å². The number of nitrogens with one attached hydrogen (secondary N) is 1. The Hall–Kier alpha value is -2.56. The van der Waals surface area contributed by atoms with E-state index in [-0.39, 0.29) is 18.6 Å². The van der Waals surface area contributed by atoms with Gasteiger partial charge in [-0.15, -0.1) is 0 Å². The van der Waals surface area contributed by atoms with E-state index in [9.17, 15) is 9.59 Å². The summed E-state index contributed by atoms with van der Waals surface area (Å²) < 4.78 is 0. The fraction of sp³-hybridized carbons (Fsp3) is 0.333. The summed E-state index contributed by atoms with van der Waals surface area (Å²) in [6.45, 7) is 2.72. The molecule has 2 amide bonds. The Balaban J connectivity index is 1.72. The summed E-state index contributed by atoms with van der Waals surface area (Å²) in [5, 5.41) is 14.3. The maximum Gasteiger partial charge on any atom is 0.317 e. The van der Waals surface area contributed by atoms with Crippen molar-refractivity contribution in [2.75, 3.05) is 13.1 Å². The van der Waals surface area contributed by atoms with Crippen LogP contribution in [0.3, 0.4) is 0 Å². The van der Waals surface area contributed by atoms with Gasteiger partial charge >= 0.3 is 12.0 Å². The molecule has 2 aromatic rings. The van der Waals surface area contributed by atoms with Crippen molar-refractivity contribution in [3.63, 3.8) is 0 Å². The van der Waals surface area contributed by atoms with E-state index in [4.69, 9.17) is 5.11 Å². The molecule has 1 aliphatic rings. The summed E-state index contributed by atoms with van der Waals surface area (Å²) in [5.74, 6) is -1.28. The second-order valence-electron chi connectivity index (χ2n) is 6.01. The number of carbonyl (C=O) groups excluding carboxylic acids is 1. The molecule has 0 aromatic heterocycles. The Bertz CT molecular complexity index is 739. The van der Waals surface area contributed by atoms with Crippen molar-refractivity contribution in [2.24, 2.45) is 5.92 Å². The topological polar surface area (TPSA) is 69.6 Å². The lowest BCUT2D eigenvalue weighted by molar-refractivity contribution is -0.141. The van der Waals surface area contributed by atoms with E-state index in [1.54, 1.807) is 4.90 Å². The highest BCUT2D eigenvalue weighted by molar-refractivity contribution is 5.86. The molecule has 2 atom stereocenters. The van der Waals surface area contributed by atoms with Gasteiger partial charge < -0.3 is 15.3 Å². The van der Waals surface area contributed by atoms with Crippen LogP contribution in [0.15, 0.2) is 42.5 Å². The summed E-state index contributed by atoms with van der Waals surface area (Å²) in [6, 6.07) is 13.8. The van der Waals surface area contributed by atoms with Crippen molar-refractivity contribution in [1.82, 2.24) is 10.2 Å². The van der Waals surface area contributed by atoms with E-state index >= 15 is 0 Å². The molecule has 0 saturated carbocycles. The lowest BCUT2D eigenvalue weighted by Gasteiger charge is -2.22. The quantitative estimate of drug-likeness (QED) is 0.915. The van der Waals surface area contributed by atoms with Crippen LogP contribution in [0.2, 0.25) is 0 Å². The number of hydrogen-bond donors (Lipinski definition) is 2. The number of carbonyl (C=O) groups is 2. The van der Waals surface area contributed by atoms with Gasteiger partial charge in [-0.2, -0.15) is 0 Å². The second kappa shape index (κ2) is 6.28. The largest absolute Gasteiger partial charge is 0.481 e. The summed E-state index contributed by atoms with van der Waals surface area (Å²) in [6.07, 6.45) is 0.519. The molecule has 23 heavy (non-hydrogen) atoms. The number of benzene rings is 2. The van der Waals surface area contributed by atoms with Crippen molar-refractivity contribution in [1.29, 1.82) is 0 Å². The average molecular weight is 312 g/mol. The van der Waals surface area contributed by atoms with Gasteiger partial charge in [0.2, 0.25) is 0 Å². The molecule has 3 rings (SSSR count). The normalized spacial score (nSPS) is 18.8. The molecular formula is C18H20N2O3. The van der Waals surface area contributed by atoms with Crippen molar-refractivity contribution >= 4 is 22.8 Å². The zero-order chi connectivity index (χ0) is 16.4. The molecule has 1 saturated heterocycles. The third-order valence-corrected chi connectivity index (χ3v) is 4.45. The number of carboxylic acids is 1.